The molecule has 8 nitrogen and oxygen atoms in total. The third-order valence-electron chi connectivity index (χ3n) is 6.77. The molecule has 1 aliphatic carbocycles. The second-order valence-electron chi connectivity index (χ2n) is 9.17. The number of para-hydroxylation sites is 1. The van der Waals surface area contributed by atoms with Crippen LogP contribution in [0.4, 0.5) is 10.1 Å². The van der Waals surface area contributed by atoms with E-state index in [1.165, 1.54) is 6.07 Å². The number of carbonyl (C=O) groups excluding carboxylic acids is 1. The summed E-state index contributed by atoms with van der Waals surface area (Å²) in [5.74, 6) is 0.547. The number of aryl methyl sites for hydroxylation is 1. The van der Waals surface area contributed by atoms with E-state index >= 15 is 0 Å². The monoisotopic (exact) mass is 472 g/mol. The number of anilines is 1. The molecule has 4 aromatic rings. The van der Waals surface area contributed by atoms with E-state index in [1.807, 2.05) is 34.4 Å². The number of fused-ring (bicyclic) bond motifs is 3. The highest BCUT2D eigenvalue weighted by Crippen LogP contribution is 2.41. The molecule has 6 rings (SSSR count). The number of benzene rings is 2. The molecule has 1 atom stereocenters. The van der Waals surface area contributed by atoms with Gasteiger partial charge >= 0.3 is 0 Å². The summed E-state index contributed by atoms with van der Waals surface area (Å²) in [6.07, 6.45) is 8.51. The van der Waals surface area contributed by atoms with E-state index in [-0.39, 0.29) is 11.6 Å². The molecule has 1 aliphatic heterocycles. The summed E-state index contributed by atoms with van der Waals surface area (Å²) in [6.45, 7) is 4.30. The van der Waals surface area contributed by atoms with Crippen LogP contribution in [-0.4, -0.2) is 36.8 Å². The van der Waals surface area contributed by atoms with E-state index < -0.39 is 11.7 Å². The minimum Gasteiger partial charge on any atom is -0.488 e. The Labute approximate surface area is 201 Å². The minimum atomic E-state index is -0.583. The number of ether oxygens (including phenoxy) is 1. The number of amides is 1. The first kappa shape index (κ1) is 21.5. The van der Waals surface area contributed by atoms with Crippen LogP contribution in [0.15, 0.2) is 49.2 Å². The van der Waals surface area contributed by atoms with Crippen molar-refractivity contribution in [1.82, 2.24) is 24.3 Å². The van der Waals surface area contributed by atoms with Crippen LogP contribution in [0.3, 0.4) is 0 Å². The van der Waals surface area contributed by atoms with Crippen molar-refractivity contribution in [2.45, 2.75) is 45.1 Å². The first-order valence-corrected chi connectivity index (χ1v) is 11.8. The molecule has 0 unspecified atom stereocenters. The lowest BCUT2D eigenvalue weighted by Gasteiger charge is -2.16. The van der Waals surface area contributed by atoms with Gasteiger partial charge in [0.1, 0.15) is 18.8 Å². The van der Waals surface area contributed by atoms with Gasteiger partial charge < -0.3 is 19.2 Å². The molecule has 2 aliphatic rings. The molecule has 2 aromatic heterocycles. The molecule has 3 heterocycles. The van der Waals surface area contributed by atoms with Gasteiger partial charge in [-0.15, -0.1) is 10.2 Å². The van der Waals surface area contributed by atoms with Crippen molar-refractivity contribution < 1.29 is 13.9 Å². The molecule has 178 valence electrons. The molecule has 0 radical (unpaired) electrons. The molecule has 1 amide bonds. The smallest absolute Gasteiger partial charge is 0.258 e. The standard InChI is InChI=1S/C26H25FN6O2/c1-3-17-12-35-24-18(25-31-29-14-33(17)25)5-4-6-21(24)30-26(34)19-10-23(15(2)9-20(19)27)32-11-22(28-13-32)16-7-8-16/h4-6,9-11,13-14,16-17H,3,7-8,12H2,1-2H3,(H,30,34)/t17-/m1/s1. The van der Waals surface area contributed by atoms with Gasteiger partial charge in [-0.1, -0.05) is 13.0 Å². The Hall–Kier alpha value is -4.01. The van der Waals surface area contributed by atoms with Crippen molar-refractivity contribution in [3.8, 4) is 22.8 Å². The molecule has 2 aromatic carbocycles. The number of nitrogens with zero attached hydrogens (tertiary/aromatic N) is 5. The summed E-state index contributed by atoms with van der Waals surface area (Å²) in [4.78, 5) is 17.8. The number of aromatic nitrogens is 5. The Morgan fingerprint density at radius 3 is 2.91 bits per heavy atom. The molecule has 35 heavy (non-hydrogen) atoms. The van der Waals surface area contributed by atoms with E-state index in [0.29, 0.717) is 29.8 Å². The van der Waals surface area contributed by atoms with E-state index in [4.69, 9.17) is 4.74 Å². The van der Waals surface area contributed by atoms with Crippen molar-refractivity contribution in [2.75, 3.05) is 11.9 Å². The van der Waals surface area contributed by atoms with Crippen molar-refractivity contribution in [2.24, 2.45) is 0 Å². The quantitative estimate of drug-likeness (QED) is 0.439. The van der Waals surface area contributed by atoms with Gasteiger partial charge in [0.25, 0.3) is 5.91 Å². The molecule has 0 saturated heterocycles. The van der Waals surface area contributed by atoms with Crippen molar-refractivity contribution in [3.63, 3.8) is 0 Å². The second-order valence-corrected chi connectivity index (χ2v) is 9.17. The average molecular weight is 473 g/mol. The fourth-order valence-electron chi connectivity index (χ4n) is 4.61. The SMILES string of the molecule is CC[C@@H]1COc2c(NC(=O)c3cc(-n4cnc(C5CC5)c4)c(C)cc3F)cccc2-c2nncn21. The van der Waals surface area contributed by atoms with Gasteiger partial charge in [0.2, 0.25) is 0 Å². The Morgan fingerprint density at radius 1 is 1.26 bits per heavy atom. The van der Waals surface area contributed by atoms with Gasteiger partial charge in [-0.2, -0.15) is 0 Å². The third kappa shape index (κ3) is 3.77. The number of rotatable bonds is 5. The molecule has 1 fully saturated rings. The van der Waals surface area contributed by atoms with Gasteiger partial charge in [-0.05, 0) is 56.0 Å². The highest BCUT2D eigenvalue weighted by Gasteiger charge is 2.28. The molecule has 0 spiro atoms. The third-order valence-corrected chi connectivity index (χ3v) is 6.77. The predicted octanol–water partition coefficient (Wildman–Crippen LogP) is 5.05. The fraction of sp³-hybridized carbons (Fsp3) is 0.308. The van der Waals surface area contributed by atoms with E-state index in [2.05, 4.69) is 27.4 Å². The van der Waals surface area contributed by atoms with Gasteiger partial charge in [0.05, 0.1) is 40.6 Å². The summed E-state index contributed by atoms with van der Waals surface area (Å²) in [6, 6.07) is 8.47. The van der Waals surface area contributed by atoms with Crippen LogP contribution >= 0.6 is 0 Å². The van der Waals surface area contributed by atoms with Crippen LogP contribution in [0, 0.1) is 12.7 Å². The number of halogens is 1. The van der Waals surface area contributed by atoms with Crippen LogP contribution in [0.1, 0.15) is 59.8 Å². The normalized spacial score (nSPS) is 16.7. The highest BCUT2D eigenvalue weighted by molar-refractivity contribution is 6.06. The number of nitrogens with one attached hydrogen (secondary N) is 1. The second kappa shape index (κ2) is 8.33. The summed E-state index contributed by atoms with van der Waals surface area (Å²) in [7, 11) is 0. The van der Waals surface area contributed by atoms with Crippen molar-refractivity contribution in [1.29, 1.82) is 0 Å². The molecule has 1 N–H and O–H groups in total. The van der Waals surface area contributed by atoms with Crippen LogP contribution in [0.5, 0.6) is 5.75 Å². The summed E-state index contributed by atoms with van der Waals surface area (Å²) in [5, 5.41) is 11.2. The minimum absolute atomic E-state index is 0.0481. The largest absolute Gasteiger partial charge is 0.488 e. The maximum absolute atomic E-state index is 15.0. The zero-order valence-electron chi connectivity index (χ0n) is 19.5. The average Bonchev–Trinajstić information content (AvgIpc) is 3.43. The van der Waals surface area contributed by atoms with Crippen molar-refractivity contribution in [3.05, 3.63) is 71.8 Å². The topological polar surface area (TPSA) is 86.9 Å². The fourth-order valence-corrected chi connectivity index (χ4v) is 4.61. The Kier molecular flexibility index (Phi) is 5.12. The van der Waals surface area contributed by atoms with Crippen LogP contribution in [0.2, 0.25) is 0 Å². The molecule has 0 bridgehead atoms. The maximum atomic E-state index is 15.0. The van der Waals surface area contributed by atoms with Gasteiger partial charge in [0, 0.05) is 12.1 Å². The van der Waals surface area contributed by atoms with Crippen molar-refractivity contribution >= 4 is 11.6 Å². The van der Waals surface area contributed by atoms with Crippen LogP contribution in [0.25, 0.3) is 17.1 Å². The van der Waals surface area contributed by atoms with E-state index in [1.54, 1.807) is 24.8 Å². The number of carbonyl (C=O) groups is 1. The van der Waals surface area contributed by atoms with Crippen LogP contribution in [-0.2, 0) is 0 Å². The number of hydrogen-bond acceptors (Lipinski definition) is 5. The number of hydrogen-bond donors (Lipinski definition) is 1. The predicted molar refractivity (Wildman–Crippen MR) is 128 cm³/mol. The summed E-state index contributed by atoms with van der Waals surface area (Å²) in [5.41, 5.74) is 3.61. The first-order chi connectivity index (χ1) is 17.0. The lowest BCUT2D eigenvalue weighted by molar-refractivity contribution is 0.102. The Balaban J connectivity index is 1.34. The summed E-state index contributed by atoms with van der Waals surface area (Å²) < 4.78 is 24.9. The van der Waals surface area contributed by atoms with Crippen LogP contribution < -0.4 is 10.1 Å². The zero-order valence-corrected chi connectivity index (χ0v) is 19.5. The first-order valence-electron chi connectivity index (χ1n) is 11.8. The lowest BCUT2D eigenvalue weighted by atomic mass is 10.1. The van der Waals surface area contributed by atoms with E-state index in [0.717, 1.165) is 41.8 Å². The lowest BCUT2D eigenvalue weighted by Crippen LogP contribution is -2.17. The molecule has 9 heteroatoms. The Morgan fingerprint density at radius 2 is 2.11 bits per heavy atom. The van der Waals surface area contributed by atoms with Gasteiger partial charge in [0.15, 0.2) is 11.6 Å². The highest BCUT2D eigenvalue weighted by atomic mass is 19.1. The van der Waals surface area contributed by atoms with Gasteiger partial charge in [-0.3, -0.25) is 4.79 Å². The number of imidazole rings is 1. The zero-order chi connectivity index (χ0) is 24.1. The maximum Gasteiger partial charge on any atom is 0.258 e. The van der Waals surface area contributed by atoms with E-state index in [9.17, 15) is 9.18 Å². The Bertz CT molecular complexity index is 1440. The molecule has 1 saturated carbocycles. The van der Waals surface area contributed by atoms with Gasteiger partial charge in [-0.25, -0.2) is 9.37 Å². The molecular formula is C26H25FN6O2. The summed E-state index contributed by atoms with van der Waals surface area (Å²) >= 11 is 0. The molecular weight excluding hydrogens is 447 g/mol.